The van der Waals surface area contributed by atoms with Gasteiger partial charge in [0.1, 0.15) is 0 Å². The fourth-order valence-corrected chi connectivity index (χ4v) is 3.32. The molecule has 0 radical (unpaired) electrons. The Labute approximate surface area is 196 Å². The van der Waals surface area contributed by atoms with Crippen LogP contribution in [0.1, 0.15) is 41.3 Å². The molecular weight excluding hydrogens is 440 g/mol. The first kappa shape index (κ1) is 24.4. The zero-order chi connectivity index (χ0) is 24.8. The molecule has 2 aromatic carbocycles. The molecule has 1 unspecified atom stereocenters. The molecule has 2 aromatic rings. The Balaban J connectivity index is 1.50. The van der Waals surface area contributed by atoms with Gasteiger partial charge in [-0.1, -0.05) is 18.2 Å². The molecule has 34 heavy (non-hydrogen) atoms. The van der Waals surface area contributed by atoms with Crippen LogP contribution in [0, 0.1) is 13.8 Å². The van der Waals surface area contributed by atoms with Gasteiger partial charge in [-0.25, -0.2) is 9.80 Å². The van der Waals surface area contributed by atoms with Gasteiger partial charge in [-0.15, -0.1) is 0 Å². The van der Waals surface area contributed by atoms with E-state index in [1.807, 2.05) is 32.0 Å². The quantitative estimate of drug-likeness (QED) is 0.533. The highest BCUT2D eigenvalue weighted by atomic mass is 16.5. The van der Waals surface area contributed by atoms with Gasteiger partial charge in [0.05, 0.1) is 17.8 Å². The van der Waals surface area contributed by atoms with Gasteiger partial charge in [-0.2, -0.15) is 0 Å². The van der Waals surface area contributed by atoms with E-state index < -0.39 is 23.9 Å². The first-order valence-corrected chi connectivity index (χ1v) is 10.7. The monoisotopic (exact) mass is 466 g/mol. The van der Waals surface area contributed by atoms with E-state index in [9.17, 15) is 24.0 Å². The number of carbonyl (C=O) groups excluding carboxylic acids is 5. The van der Waals surface area contributed by atoms with Gasteiger partial charge in [0, 0.05) is 18.5 Å². The second kappa shape index (κ2) is 10.6. The fourth-order valence-electron chi connectivity index (χ4n) is 3.32. The molecule has 1 fully saturated rings. The summed E-state index contributed by atoms with van der Waals surface area (Å²) in [5.74, 6) is -2.31. The van der Waals surface area contributed by atoms with Crippen LogP contribution in [-0.4, -0.2) is 42.2 Å². The Bertz CT molecular complexity index is 1110. The van der Waals surface area contributed by atoms with E-state index in [4.69, 9.17) is 4.74 Å². The summed E-state index contributed by atoms with van der Waals surface area (Å²) in [6.07, 6.45) is -0.902. The molecule has 0 aliphatic carbocycles. The molecule has 1 saturated heterocycles. The van der Waals surface area contributed by atoms with E-state index >= 15 is 0 Å². The number of ether oxygens (including phenoxy) is 1. The number of benzene rings is 2. The summed E-state index contributed by atoms with van der Waals surface area (Å²) in [5, 5.41) is 6.33. The average Bonchev–Trinajstić information content (AvgIpc) is 2.81. The van der Waals surface area contributed by atoms with Gasteiger partial charge < -0.3 is 15.4 Å². The third-order valence-electron chi connectivity index (χ3n) is 5.23. The number of para-hydroxylation sites is 1. The van der Waals surface area contributed by atoms with Crippen LogP contribution in [0.2, 0.25) is 0 Å². The number of carbonyl (C=O) groups is 5. The van der Waals surface area contributed by atoms with Crippen molar-refractivity contribution in [3.05, 3.63) is 59.2 Å². The van der Waals surface area contributed by atoms with Gasteiger partial charge >= 0.3 is 5.97 Å². The van der Waals surface area contributed by atoms with Crippen molar-refractivity contribution in [3.8, 4) is 0 Å². The Morgan fingerprint density at radius 2 is 1.68 bits per heavy atom. The molecule has 1 atom stereocenters. The van der Waals surface area contributed by atoms with E-state index in [-0.39, 0.29) is 36.8 Å². The number of nitrogens with one attached hydrogen (secondary N) is 3. The van der Waals surface area contributed by atoms with Crippen LogP contribution in [-0.2, 0) is 23.9 Å². The summed E-state index contributed by atoms with van der Waals surface area (Å²) in [4.78, 5) is 60.4. The Hall–Kier alpha value is -4.21. The van der Waals surface area contributed by atoms with Crippen molar-refractivity contribution in [1.29, 1.82) is 0 Å². The van der Waals surface area contributed by atoms with Crippen molar-refractivity contribution >= 4 is 41.0 Å². The Morgan fingerprint density at radius 3 is 2.32 bits per heavy atom. The molecule has 3 N–H and O–H groups in total. The highest BCUT2D eigenvalue weighted by Gasteiger charge is 2.25. The largest absolute Gasteiger partial charge is 0.449 e. The molecule has 178 valence electrons. The summed E-state index contributed by atoms with van der Waals surface area (Å²) in [6.45, 7) is 4.86. The first-order valence-electron chi connectivity index (χ1n) is 10.7. The van der Waals surface area contributed by atoms with Crippen molar-refractivity contribution in [2.24, 2.45) is 0 Å². The number of aryl methyl sites for hydroxylation is 2. The van der Waals surface area contributed by atoms with Gasteiger partial charge in [0.25, 0.3) is 5.91 Å². The van der Waals surface area contributed by atoms with Crippen LogP contribution in [0.3, 0.4) is 0 Å². The summed E-state index contributed by atoms with van der Waals surface area (Å²) in [6, 6.07) is 11.5. The third-order valence-corrected chi connectivity index (χ3v) is 5.23. The number of hydrogen-bond donors (Lipinski definition) is 3. The van der Waals surface area contributed by atoms with Crippen molar-refractivity contribution < 1.29 is 28.7 Å². The molecule has 1 aliphatic heterocycles. The summed E-state index contributed by atoms with van der Waals surface area (Å²) in [5.41, 5.74) is 5.52. The van der Waals surface area contributed by atoms with Gasteiger partial charge in [0.15, 0.2) is 6.10 Å². The molecule has 0 saturated carbocycles. The van der Waals surface area contributed by atoms with E-state index in [0.29, 0.717) is 11.4 Å². The zero-order valence-corrected chi connectivity index (χ0v) is 19.1. The van der Waals surface area contributed by atoms with Crippen LogP contribution in [0.4, 0.5) is 11.4 Å². The topological polar surface area (TPSA) is 134 Å². The van der Waals surface area contributed by atoms with Crippen molar-refractivity contribution in [3.63, 3.8) is 0 Å². The maximum absolute atomic E-state index is 12.4. The Morgan fingerprint density at radius 1 is 1.03 bits per heavy atom. The number of rotatable bonds is 7. The third kappa shape index (κ3) is 5.97. The minimum Gasteiger partial charge on any atom is -0.449 e. The van der Waals surface area contributed by atoms with Crippen LogP contribution < -0.4 is 21.1 Å². The van der Waals surface area contributed by atoms with Crippen LogP contribution in [0.15, 0.2) is 42.5 Å². The summed E-state index contributed by atoms with van der Waals surface area (Å²) < 4.78 is 5.18. The molecule has 0 spiro atoms. The van der Waals surface area contributed by atoms with E-state index in [1.54, 1.807) is 0 Å². The summed E-state index contributed by atoms with van der Waals surface area (Å²) >= 11 is 0. The fraction of sp³-hybridized carbons (Fsp3) is 0.292. The highest BCUT2D eigenvalue weighted by molar-refractivity contribution is 6.01. The number of hydrazine groups is 1. The van der Waals surface area contributed by atoms with Gasteiger partial charge in [0.2, 0.25) is 17.7 Å². The lowest BCUT2D eigenvalue weighted by Gasteiger charge is -2.27. The van der Waals surface area contributed by atoms with Crippen molar-refractivity contribution in [1.82, 2.24) is 10.7 Å². The molecule has 3 rings (SSSR count). The molecule has 10 heteroatoms. The number of nitrogens with zero attached hydrogens (tertiary/aromatic N) is 1. The molecule has 1 aliphatic rings. The molecule has 0 bridgehead atoms. The van der Waals surface area contributed by atoms with Gasteiger partial charge in [-0.05, 0) is 56.2 Å². The minimum absolute atomic E-state index is 0.102. The van der Waals surface area contributed by atoms with E-state index in [1.165, 1.54) is 31.2 Å². The average molecular weight is 466 g/mol. The lowest BCUT2D eigenvalue weighted by Crippen LogP contribution is -2.50. The maximum atomic E-state index is 12.4. The van der Waals surface area contributed by atoms with Crippen molar-refractivity contribution in [2.45, 2.75) is 39.7 Å². The SMILES string of the molecule is Cc1cccc(C)c1NC(=O)CNC(=O)C(C)OC(=O)c1ccc(N2NC(=O)CCC2=O)cc1. The minimum atomic E-state index is -1.14. The van der Waals surface area contributed by atoms with Crippen LogP contribution in [0.5, 0.6) is 0 Å². The number of hydrogen-bond acceptors (Lipinski definition) is 6. The van der Waals surface area contributed by atoms with Crippen LogP contribution >= 0.6 is 0 Å². The predicted octanol–water partition coefficient (Wildman–Crippen LogP) is 1.76. The first-order chi connectivity index (χ1) is 16.2. The van der Waals surface area contributed by atoms with E-state index in [0.717, 1.165) is 16.1 Å². The highest BCUT2D eigenvalue weighted by Crippen LogP contribution is 2.20. The van der Waals surface area contributed by atoms with Crippen LogP contribution in [0.25, 0.3) is 0 Å². The smallest absolute Gasteiger partial charge is 0.338 e. The molecule has 10 nitrogen and oxygen atoms in total. The number of anilines is 2. The van der Waals surface area contributed by atoms with E-state index in [2.05, 4.69) is 16.1 Å². The zero-order valence-electron chi connectivity index (χ0n) is 19.1. The second-order valence-corrected chi connectivity index (χ2v) is 7.89. The van der Waals surface area contributed by atoms with Gasteiger partial charge in [-0.3, -0.25) is 24.6 Å². The predicted molar refractivity (Wildman–Crippen MR) is 124 cm³/mol. The lowest BCUT2D eigenvalue weighted by molar-refractivity contribution is -0.130. The second-order valence-electron chi connectivity index (χ2n) is 7.89. The molecule has 0 aromatic heterocycles. The molecule has 1 heterocycles. The molecular formula is C24H26N4O6. The number of esters is 1. The number of amides is 4. The lowest BCUT2D eigenvalue weighted by atomic mass is 10.1. The van der Waals surface area contributed by atoms with Crippen molar-refractivity contribution in [2.75, 3.05) is 16.9 Å². The summed E-state index contributed by atoms with van der Waals surface area (Å²) in [7, 11) is 0. The normalized spacial score (nSPS) is 14.1. The molecule has 4 amide bonds. The standard InChI is InChI=1S/C24H26N4O6/c1-14-5-4-6-15(2)22(14)26-20(30)13-25-23(32)16(3)34-24(33)17-7-9-18(10-8-17)28-21(31)12-11-19(29)27-28/h4-10,16H,11-13H2,1-3H3,(H,25,32)(H,26,30)(H,27,29). The maximum Gasteiger partial charge on any atom is 0.338 e. The Kier molecular flexibility index (Phi) is 7.62.